The van der Waals surface area contributed by atoms with Crippen LogP contribution in [-0.2, 0) is 0 Å². The number of carbonyl (C=O) groups excluding carboxylic acids is 1. The van der Waals surface area contributed by atoms with Crippen molar-refractivity contribution in [3.63, 3.8) is 0 Å². The Hall–Kier alpha value is -2.36. The number of piperazine rings is 1. The van der Waals surface area contributed by atoms with Crippen LogP contribution in [0.1, 0.15) is 16.1 Å². The number of nitrogens with zero attached hydrogens (tertiary/aromatic N) is 3. The molecule has 21 heavy (non-hydrogen) atoms. The number of carbonyl (C=O) groups is 1. The molecule has 3 rings (SSSR count). The van der Waals surface area contributed by atoms with Crippen LogP contribution in [0.3, 0.4) is 0 Å². The first-order chi connectivity index (χ1) is 10.2. The van der Waals surface area contributed by atoms with Gasteiger partial charge in [0.05, 0.1) is 0 Å². The molecule has 4 nitrogen and oxygen atoms in total. The zero-order chi connectivity index (χ0) is 14.7. The minimum absolute atomic E-state index is 0.0337. The molecule has 0 bridgehead atoms. The highest BCUT2D eigenvalue weighted by Crippen LogP contribution is 2.16. The Labute approximate surface area is 125 Å². The van der Waals surface area contributed by atoms with E-state index in [4.69, 9.17) is 0 Å². The number of anilines is 1. The van der Waals surface area contributed by atoms with Gasteiger partial charge in [0.2, 0.25) is 0 Å². The van der Waals surface area contributed by atoms with E-state index in [0.29, 0.717) is 5.69 Å². The van der Waals surface area contributed by atoms with E-state index in [-0.39, 0.29) is 5.91 Å². The van der Waals surface area contributed by atoms with Gasteiger partial charge in [-0.2, -0.15) is 0 Å². The lowest BCUT2D eigenvalue weighted by molar-refractivity contribution is 0.0741. The van der Waals surface area contributed by atoms with Crippen molar-refractivity contribution in [3.8, 4) is 0 Å². The molecule has 0 N–H and O–H groups in total. The Morgan fingerprint density at radius 2 is 1.76 bits per heavy atom. The Kier molecular flexibility index (Phi) is 3.86. The van der Waals surface area contributed by atoms with Crippen molar-refractivity contribution in [3.05, 3.63) is 59.9 Å². The minimum atomic E-state index is 0.0337. The van der Waals surface area contributed by atoms with Crippen LogP contribution in [0, 0.1) is 6.92 Å². The van der Waals surface area contributed by atoms with Crippen LogP contribution in [-0.4, -0.2) is 42.0 Å². The molecule has 1 aromatic heterocycles. The molecule has 0 saturated carbocycles. The maximum atomic E-state index is 12.4. The smallest absolute Gasteiger partial charge is 0.272 e. The molecule has 4 heteroatoms. The second-order valence-corrected chi connectivity index (χ2v) is 5.33. The first-order valence-corrected chi connectivity index (χ1v) is 7.26. The molecule has 1 saturated heterocycles. The summed E-state index contributed by atoms with van der Waals surface area (Å²) in [5, 5.41) is 0. The Bertz CT molecular complexity index is 619. The van der Waals surface area contributed by atoms with Crippen molar-refractivity contribution in [2.24, 2.45) is 0 Å². The quantitative estimate of drug-likeness (QED) is 0.848. The summed E-state index contributed by atoms with van der Waals surface area (Å²) in [5.41, 5.74) is 2.83. The fourth-order valence-electron chi connectivity index (χ4n) is 2.62. The van der Waals surface area contributed by atoms with Crippen LogP contribution < -0.4 is 4.90 Å². The van der Waals surface area contributed by atoms with Gasteiger partial charge in [0.25, 0.3) is 5.91 Å². The van der Waals surface area contributed by atoms with E-state index in [0.717, 1.165) is 31.7 Å². The predicted molar refractivity (Wildman–Crippen MR) is 83.5 cm³/mol. The summed E-state index contributed by atoms with van der Waals surface area (Å²) in [7, 11) is 0. The molecule has 1 aliphatic rings. The van der Waals surface area contributed by atoms with Crippen molar-refractivity contribution < 1.29 is 4.79 Å². The van der Waals surface area contributed by atoms with Crippen molar-refractivity contribution in [1.82, 2.24) is 9.88 Å². The SMILES string of the molecule is Cc1ccnc(C(=O)N2CCN(c3ccccc3)CC2)c1. The largest absolute Gasteiger partial charge is 0.368 e. The first kappa shape index (κ1) is 13.6. The molecular formula is C17H19N3O. The third kappa shape index (κ3) is 3.05. The molecule has 0 unspecified atom stereocenters. The van der Waals surface area contributed by atoms with E-state index in [1.54, 1.807) is 6.20 Å². The molecule has 0 radical (unpaired) electrons. The fraction of sp³-hybridized carbons (Fsp3) is 0.294. The first-order valence-electron chi connectivity index (χ1n) is 7.26. The van der Waals surface area contributed by atoms with Gasteiger partial charge < -0.3 is 9.80 Å². The van der Waals surface area contributed by atoms with Crippen LogP contribution in [0.4, 0.5) is 5.69 Å². The fourth-order valence-corrected chi connectivity index (χ4v) is 2.62. The van der Waals surface area contributed by atoms with Crippen molar-refractivity contribution >= 4 is 11.6 Å². The summed E-state index contributed by atoms with van der Waals surface area (Å²) in [6.07, 6.45) is 1.70. The van der Waals surface area contributed by atoms with Gasteiger partial charge in [0.15, 0.2) is 0 Å². The van der Waals surface area contributed by atoms with Crippen LogP contribution in [0.5, 0.6) is 0 Å². The lowest BCUT2D eigenvalue weighted by atomic mass is 10.2. The summed E-state index contributed by atoms with van der Waals surface area (Å²) < 4.78 is 0. The van der Waals surface area contributed by atoms with Crippen LogP contribution in [0.15, 0.2) is 48.7 Å². The average Bonchev–Trinajstić information content (AvgIpc) is 2.55. The molecule has 0 spiro atoms. The van der Waals surface area contributed by atoms with Crippen LogP contribution in [0.25, 0.3) is 0 Å². The second kappa shape index (κ2) is 5.95. The van der Waals surface area contributed by atoms with Gasteiger partial charge in [-0.25, -0.2) is 0 Å². The lowest BCUT2D eigenvalue weighted by Crippen LogP contribution is -2.49. The summed E-state index contributed by atoms with van der Waals surface area (Å²) in [4.78, 5) is 20.8. The molecule has 1 aromatic carbocycles. The minimum Gasteiger partial charge on any atom is -0.368 e. The van der Waals surface area contributed by atoms with Crippen molar-refractivity contribution in [2.75, 3.05) is 31.1 Å². The van der Waals surface area contributed by atoms with Gasteiger partial charge in [-0.05, 0) is 36.8 Å². The zero-order valence-electron chi connectivity index (χ0n) is 12.2. The number of aryl methyl sites for hydroxylation is 1. The third-order valence-electron chi connectivity index (χ3n) is 3.82. The van der Waals surface area contributed by atoms with Crippen LogP contribution in [0.2, 0.25) is 0 Å². The summed E-state index contributed by atoms with van der Waals surface area (Å²) in [6, 6.07) is 14.1. The number of pyridine rings is 1. The molecule has 108 valence electrons. The maximum absolute atomic E-state index is 12.4. The number of hydrogen-bond donors (Lipinski definition) is 0. The van der Waals surface area contributed by atoms with E-state index in [1.807, 2.05) is 42.2 Å². The molecule has 2 heterocycles. The molecule has 0 atom stereocenters. The van der Waals surface area contributed by atoms with E-state index in [9.17, 15) is 4.79 Å². The number of rotatable bonds is 2. The molecule has 1 aliphatic heterocycles. The monoisotopic (exact) mass is 281 g/mol. The molecule has 1 fully saturated rings. The predicted octanol–water partition coefficient (Wildman–Crippen LogP) is 2.35. The number of para-hydroxylation sites is 1. The summed E-state index contributed by atoms with van der Waals surface area (Å²) in [6.45, 7) is 5.18. The van der Waals surface area contributed by atoms with E-state index < -0.39 is 0 Å². The number of benzene rings is 1. The maximum Gasteiger partial charge on any atom is 0.272 e. The lowest BCUT2D eigenvalue weighted by Gasteiger charge is -2.36. The third-order valence-corrected chi connectivity index (χ3v) is 3.82. The van der Waals surface area contributed by atoms with Gasteiger partial charge in [-0.15, -0.1) is 0 Å². The zero-order valence-corrected chi connectivity index (χ0v) is 12.2. The van der Waals surface area contributed by atoms with Crippen molar-refractivity contribution in [2.45, 2.75) is 6.92 Å². The van der Waals surface area contributed by atoms with Gasteiger partial charge in [-0.3, -0.25) is 9.78 Å². The van der Waals surface area contributed by atoms with E-state index in [2.05, 4.69) is 22.0 Å². The van der Waals surface area contributed by atoms with Gasteiger partial charge in [0, 0.05) is 38.1 Å². The number of amides is 1. The highest BCUT2D eigenvalue weighted by Gasteiger charge is 2.22. The summed E-state index contributed by atoms with van der Waals surface area (Å²) >= 11 is 0. The Balaban J connectivity index is 1.64. The van der Waals surface area contributed by atoms with E-state index in [1.165, 1.54) is 5.69 Å². The normalized spacial score (nSPS) is 15.1. The summed E-state index contributed by atoms with van der Waals surface area (Å²) in [5.74, 6) is 0.0337. The highest BCUT2D eigenvalue weighted by molar-refractivity contribution is 5.92. The van der Waals surface area contributed by atoms with Crippen LogP contribution >= 0.6 is 0 Å². The van der Waals surface area contributed by atoms with Gasteiger partial charge in [0.1, 0.15) is 5.69 Å². The van der Waals surface area contributed by atoms with E-state index >= 15 is 0 Å². The number of aromatic nitrogens is 1. The highest BCUT2D eigenvalue weighted by atomic mass is 16.2. The average molecular weight is 281 g/mol. The standard InChI is InChI=1S/C17H19N3O/c1-14-7-8-18-16(13-14)17(21)20-11-9-19(10-12-20)15-5-3-2-4-6-15/h2-8,13H,9-12H2,1H3. The van der Waals surface area contributed by atoms with Gasteiger partial charge >= 0.3 is 0 Å². The Morgan fingerprint density at radius 3 is 2.43 bits per heavy atom. The molecule has 0 aliphatic carbocycles. The second-order valence-electron chi connectivity index (χ2n) is 5.33. The molecular weight excluding hydrogens is 262 g/mol. The van der Waals surface area contributed by atoms with Crippen molar-refractivity contribution in [1.29, 1.82) is 0 Å². The molecule has 1 amide bonds. The Morgan fingerprint density at radius 1 is 1.05 bits per heavy atom. The topological polar surface area (TPSA) is 36.4 Å². The van der Waals surface area contributed by atoms with Gasteiger partial charge in [-0.1, -0.05) is 18.2 Å². The number of hydrogen-bond acceptors (Lipinski definition) is 3. The molecule has 2 aromatic rings.